The number of aromatic nitrogens is 1. The van der Waals surface area contributed by atoms with Gasteiger partial charge in [0.25, 0.3) is 0 Å². The van der Waals surface area contributed by atoms with E-state index >= 15 is 0 Å². The summed E-state index contributed by atoms with van der Waals surface area (Å²) in [5, 5.41) is 2.65. The number of allylic oxidation sites excluding steroid dienone is 1. The SMILES string of the molecule is CC1CC=C(c2ccc(-c3cc4c5c(c3)c3cc6c(cc3n5-c3ccccc3C4(C)C)C(C)(C)c3ccccc3-6)cc2)N(c2ccccc2)c2ccccc21. The minimum Gasteiger partial charge on any atom is -0.310 e. The van der Waals surface area contributed by atoms with Crippen LogP contribution in [0.1, 0.15) is 80.3 Å². The van der Waals surface area contributed by atoms with Crippen molar-refractivity contribution in [1.29, 1.82) is 0 Å². The normalized spacial score (nSPS) is 17.3. The zero-order chi connectivity index (χ0) is 37.2. The zero-order valence-electron chi connectivity index (χ0n) is 32.2. The van der Waals surface area contributed by atoms with Crippen LogP contribution in [0, 0.1) is 0 Å². The van der Waals surface area contributed by atoms with Gasteiger partial charge in [0.1, 0.15) is 0 Å². The molecule has 0 spiro atoms. The first kappa shape index (κ1) is 32.3. The highest BCUT2D eigenvalue weighted by Crippen LogP contribution is 2.54. The molecular weight excluding hydrogens is 665 g/mol. The van der Waals surface area contributed by atoms with Crippen molar-refractivity contribution >= 4 is 38.9 Å². The van der Waals surface area contributed by atoms with Crippen LogP contribution in [0.3, 0.4) is 0 Å². The van der Waals surface area contributed by atoms with Crippen molar-refractivity contribution in [2.24, 2.45) is 0 Å². The van der Waals surface area contributed by atoms with Gasteiger partial charge in [0, 0.05) is 38.7 Å². The number of nitrogens with zero attached hydrogens (tertiary/aromatic N) is 2. The van der Waals surface area contributed by atoms with Crippen LogP contribution in [0.15, 0.2) is 158 Å². The quantitative estimate of drug-likeness (QED) is 0.177. The fourth-order valence-corrected chi connectivity index (χ4v) is 10.3. The molecule has 0 N–H and O–H groups in total. The Bertz CT molecular complexity index is 2900. The van der Waals surface area contributed by atoms with Crippen molar-refractivity contribution in [1.82, 2.24) is 4.57 Å². The topological polar surface area (TPSA) is 8.17 Å². The van der Waals surface area contributed by atoms with Crippen LogP contribution in [-0.4, -0.2) is 4.57 Å². The molecule has 2 nitrogen and oxygen atoms in total. The largest absolute Gasteiger partial charge is 0.310 e. The van der Waals surface area contributed by atoms with Gasteiger partial charge in [0.05, 0.1) is 16.7 Å². The molecule has 266 valence electrons. The maximum atomic E-state index is 2.57. The van der Waals surface area contributed by atoms with Gasteiger partial charge in [-0.2, -0.15) is 0 Å². The number of rotatable bonds is 3. The van der Waals surface area contributed by atoms with Gasteiger partial charge in [-0.3, -0.25) is 0 Å². The molecule has 3 aliphatic rings. The Balaban J connectivity index is 1.11. The van der Waals surface area contributed by atoms with Crippen LogP contribution in [0.5, 0.6) is 0 Å². The Labute approximate surface area is 324 Å². The van der Waals surface area contributed by atoms with E-state index in [2.05, 4.69) is 202 Å². The Morgan fingerprint density at radius 2 is 1.16 bits per heavy atom. The van der Waals surface area contributed by atoms with E-state index < -0.39 is 0 Å². The van der Waals surface area contributed by atoms with Crippen molar-refractivity contribution in [3.05, 3.63) is 191 Å². The van der Waals surface area contributed by atoms with E-state index in [4.69, 9.17) is 0 Å². The van der Waals surface area contributed by atoms with Gasteiger partial charge >= 0.3 is 0 Å². The molecule has 1 atom stereocenters. The predicted molar refractivity (Wildman–Crippen MR) is 232 cm³/mol. The molecule has 0 bridgehead atoms. The molecule has 0 fully saturated rings. The summed E-state index contributed by atoms with van der Waals surface area (Å²) in [6.07, 6.45) is 3.43. The molecule has 2 aliphatic heterocycles. The summed E-state index contributed by atoms with van der Waals surface area (Å²) >= 11 is 0. The minimum atomic E-state index is -0.171. The Hall–Kier alpha value is -6.12. The van der Waals surface area contributed by atoms with Crippen molar-refractivity contribution in [3.63, 3.8) is 0 Å². The zero-order valence-corrected chi connectivity index (χ0v) is 32.2. The molecule has 1 aromatic heterocycles. The number of hydrogen-bond donors (Lipinski definition) is 0. The van der Waals surface area contributed by atoms with Gasteiger partial charge in [0.2, 0.25) is 0 Å². The highest BCUT2D eigenvalue weighted by atomic mass is 15.2. The maximum Gasteiger partial charge on any atom is 0.0582 e. The molecule has 3 heterocycles. The van der Waals surface area contributed by atoms with Crippen molar-refractivity contribution in [2.45, 2.75) is 57.8 Å². The minimum absolute atomic E-state index is 0.0664. The number of para-hydroxylation sites is 3. The van der Waals surface area contributed by atoms with Gasteiger partial charge in [0.15, 0.2) is 0 Å². The highest BCUT2D eigenvalue weighted by Gasteiger charge is 2.39. The lowest BCUT2D eigenvalue weighted by atomic mass is 9.74. The summed E-state index contributed by atoms with van der Waals surface area (Å²) in [6.45, 7) is 11.9. The monoisotopic (exact) mass is 708 g/mol. The van der Waals surface area contributed by atoms with Gasteiger partial charge in [-0.05, 0) is 117 Å². The molecule has 0 saturated heterocycles. The van der Waals surface area contributed by atoms with Crippen LogP contribution >= 0.6 is 0 Å². The Morgan fingerprint density at radius 1 is 0.509 bits per heavy atom. The van der Waals surface area contributed by atoms with Crippen molar-refractivity contribution < 1.29 is 0 Å². The number of hydrogen-bond acceptors (Lipinski definition) is 1. The van der Waals surface area contributed by atoms with E-state index in [0.29, 0.717) is 5.92 Å². The standard InChI is InChI=1S/C53H44N2/c1-33-23-28-47(54(37-15-7-6-8-16-37)48-21-13-10-17-38(33)48)35-26-24-34(25-27-35)36-29-42-41-31-40-39-18-9-11-19-43(39)52(2,3)45(40)32-50(41)55-49-22-14-12-20-44(49)53(4,5)46(30-36)51(42)55/h6-22,24-33H,23H2,1-5H3. The summed E-state index contributed by atoms with van der Waals surface area (Å²) < 4.78 is 2.57. The van der Waals surface area contributed by atoms with Gasteiger partial charge in [-0.25, -0.2) is 0 Å². The van der Waals surface area contributed by atoms with Crippen molar-refractivity contribution in [3.8, 4) is 27.9 Å². The number of fused-ring (bicyclic) bond motifs is 9. The second kappa shape index (κ2) is 11.4. The fraction of sp³-hybridized carbons (Fsp3) is 0.170. The summed E-state index contributed by atoms with van der Waals surface area (Å²) in [5.41, 5.74) is 20.8. The van der Waals surface area contributed by atoms with Gasteiger partial charge < -0.3 is 9.47 Å². The first-order chi connectivity index (χ1) is 26.7. The fourth-order valence-electron chi connectivity index (χ4n) is 10.3. The van der Waals surface area contributed by atoms with E-state index in [0.717, 1.165) is 6.42 Å². The second-order valence-corrected chi connectivity index (χ2v) is 17.0. The first-order valence-corrected chi connectivity index (χ1v) is 19.8. The lowest BCUT2D eigenvalue weighted by Gasteiger charge is -2.35. The predicted octanol–water partition coefficient (Wildman–Crippen LogP) is 14.1. The van der Waals surface area contributed by atoms with Crippen LogP contribution in [0.25, 0.3) is 55.4 Å². The molecule has 2 heteroatoms. The average molecular weight is 709 g/mol. The third-order valence-electron chi connectivity index (χ3n) is 13.2. The lowest BCUT2D eigenvalue weighted by molar-refractivity contribution is 0.630. The van der Waals surface area contributed by atoms with Crippen molar-refractivity contribution in [2.75, 3.05) is 4.90 Å². The second-order valence-electron chi connectivity index (χ2n) is 17.0. The number of anilines is 2. The van der Waals surface area contributed by atoms with Gasteiger partial charge in [-0.1, -0.05) is 144 Å². The molecule has 8 aromatic rings. The summed E-state index contributed by atoms with van der Waals surface area (Å²) in [6, 6.07) is 57.1. The third kappa shape index (κ3) is 4.49. The Morgan fingerprint density at radius 3 is 1.96 bits per heavy atom. The molecule has 55 heavy (non-hydrogen) atoms. The third-order valence-corrected chi connectivity index (χ3v) is 13.2. The van der Waals surface area contributed by atoms with Crippen LogP contribution in [-0.2, 0) is 10.8 Å². The summed E-state index contributed by atoms with van der Waals surface area (Å²) in [7, 11) is 0. The van der Waals surface area contributed by atoms with E-state index in [1.165, 1.54) is 100 Å². The summed E-state index contributed by atoms with van der Waals surface area (Å²) in [5.74, 6) is 0.430. The van der Waals surface area contributed by atoms with Crippen LogP contribution < -0.4 is 4.90 Å². The molecular formula is C53H44N2. The van der Waals surface area contributed by atoms with Crippen LogP contribution in [0.4, 0.5) is 11.4 Å². The highest BCUT2D eigenvalue weighted by molar-refractivity contribution is 6.15. The molecule has 1 aliphatic carbocycles. The molecule has 0 saturated carbocycles. The van der Waals surface area contributed by atoms with E-state index in [9.17, 15) is 0 Å². The average Bonchev–Trinajstić information content (AvgIpc) is 3.59. The van der Waals surface area contributed by atoms with E-state index in [1.807, 2.05) is 0 Å². The molecule has 0 amide bonds. The molecule has 0 radical (unpaired) electrons. The van der Waals surface area contributed by atoms with Crippen LogP contribution in [0.2, 0.25) is 0 Å². The smallest absolute Gasteiger partial charge is 0.0582 e. The van der Waals surface area contributed by atoms with E-state index in [-0.39, 0.29) is 10.8 Å². The molecule has 1 unspecified atom stereocenters. The van der Waals surface area contributed by atoms with E-state index in [1.54, 1.807) is 0 Å². The lowest BCUT2D eigenvalue weighted by Crippen LogP contribution is -2.26. The summed E-state index contributed by atoms with van der Waals surface area (Å²) in [4.78, 5) is 2.46. The Kier molecular flexibility index (Phi) is 6.73. The van der Waals surface area contributed by atoms with Gasteiger partial charge in [-0.15, -0.1) is 0 Å². The molecule has 11 rings (SSSR count). The maximum absolute atomic E-state index is 2.57. The molecule has 7 aromatic carbocycles. The number of benzene rings is 7. The first-order valence-electron chi connectivity index (χ1n) is 19.8.